The van der Waals surface area contributed by atoms with Crippen LogP contribution >= 0.6 is 11.6 Å². The molecular formula is C23H16ClN3O2. The minimum atomic E-state index is -0.257. The lowest BCUT2D eigenvalue weighted by atomic mass is 10.1. The Morgan fingerprint density at radius 3 is 2.62 bits per heavy atom. The van der Waals surface area contributed by atoms with Gasteiger partial charge in [0.2, 0.25) is 5.78 Å². The maximum absolute atomic E-state index is 12.4. The average Bonchev–Trinajstić information content (AvgIpc) is 3.17. The molecule has 0 bridgehead atoms. The number of H-pyrrole nitrogens is 1. The summed E-state index contributed by atoms with van der Waals surface area (Å²) >= 11 is 5.94. The number of nitrogens with zero attached hydrogens (tertiary/aromatic N) is 1. The van der Waals surface area contributed by atoms with Gasteiger partial charge in [0.05, 0.1) is 11.0 Å². The van der Waals surface area contributed by atoms with E-state index in [1.54, 1.807) is 48.5 Å². The van der Waals surface area contributed by atoms with Crippen molar-refractivity contribution >= 4 is 46.1 Å². The highest BCUT2D eigenvalue weighted by atomic mass is 35.5. The molecule has 0 saturated heterocycles. The molecule has 1 aromatic heterocycles. The molecule has 3 aromatic carbocycles. The molecular weight excluding hydrogens is 386 g/mol. The fraction of sp³-hybridized carbons (Fsp3) is 0. The minimum absolute atomic E-state index is 0.227. The van der Waals surface area contributed by atoms with Crippen molar-refractivity contribution in [3.05, 3.63) is 101 Å². The van der Waals surface area contributed by atoms with Crippen LogP contribution in [0.15, 0.2) is 78.9 Å². The third-order valence-corrected chi connectivity index (χ3v) is 4.52. The van der Waals surface area contributed by atoms with E-state index in [4.69, 9.17) is 11.6 Å². The Morgan fingerprint density at radius 2 is 1.79 bits per heavy atom. The number of amides is 1. The summed E-state index contributed by atoms with van der Waals surface area (Å²) in [4.78, 5) is 32.1. The predicted octanol–water partition coefficient (Wildman–Crippen LogP) is 5.36. The van der Waals surface area contributed by atoms with Gasteiger partial charge in [0.1, 0.15) is 0 Å². The minimum Gasteiger partial charge on any atom is -0.335 e. The van der Waals surface area contributed by atoms with Gasteiger partial charge in [-0.3, -0.25) is 9.59 Å². The third-order valence-electron chi connectivity index (χ3n) is 4.28. The number of rotatable bonds is 5. The molecule has 1 heterocycles. The van der Waals surface area contributed by atoms with Gasteiger partial charge in [-0.15, -0.1) is 0 Å². The molecule has 0 radical (unpaired) electrons. The molecule has 6 heteroatoms. The number of carbonyl (C=O) groups is 2. The summed E-state index contributed by atoms with van der Waals surface area (Å²) in [5.41, 5.74) is 3.43. The summed E-state index contributed by atoms with van der Waals surface area (Å²) in [6.45, 7) is 0. The SMILES string of the molecule is O=C(Nc1cccc(/C=C/C(=O)c2nc3ccccc3[nH]2)c1)c1cccc(Cl)c1. The predicted molar refractivity (Wildman–Crippen MR) is 115 cm³/mol. The molecule has 5 nitrogen and oxygen atoms in total. The number of carbonyl (C=O) groups excluding carboxylic acids is 2. The van der Waals surface area contributed by atoms with Crippen LogP contribution in [0.3, 0.4) is 0 Å². The Bertz CT molecular complexity index is 1210. The van der Waals surface area contributed by atoms with Crippen molar-refractivity contribution in [1.82, 2.24) is 9.97 Å². The first kappa shape index (κ1) is 18.7. The van der Waals surface area contributed by atoms with Gasteiger partial charge in [-0.1, -0.05) is 48.0 Å². The second kappa shape index (κ2) is 8.12. The number of halogens is 1. The number of imidazole rings is 1. The molecule has 0 spiro atoms. The number of para-hydroxylation sites is 2. The lowest BCUT2D eigenvalue weighted by molar-refractivity contribution is 0.102. The first-order chi connectivity index (χ1) is 14.1. The van der Waals surface area contributed by atoms with Crippen LogP contribution in [0.5, 0.6) is 0 Å². The number of hydrogen-bond donors (Lipinski definition) is 2. The third kappa shape index (κ3) is 4.42. The summed E-state index contributed by atoms with van der Waals surface area (Å²) in [6.07, 6.45) is 3.14. The number of allylic oxidation sites excluding steroid dienone is 1. The zero-order valence-corrected chi connectivity index (χ0v) is 16.0. The zero-order valence-electron chi connectivity index (χ0n) is 15.2. The Hall–Kier alpha value is -3.70. The van der Waals surface area contributed by atoms with E-state index in [9.17, 15) is 9.59 Å². The fourth-order valence-corrected chi connectivity index (χ4v) is 3.06. The van der Waals surface area contributed by atoms with E-state index in [0.717, 1.165) is 16.6 Å². The zero-order chi connectivity index (χ0) is 20.2. The van der Waals surface area contributed by atoms with Gasteiger partial charge in [-0.2, -0.15) is 0 Å². The maximum atomic E-state index is 12.4. The van der Waals surface area contributed by atoms with Gasteiger partial charge in [-0.05, 0) is 54.1 Å². The molecule has 0 aliphatic rings. The van der Waals surface area contributed by atoms with Gasteiger partial charge < -0.3 is 10.3 Å². The quantitative estimate of drug-likeness (QED) is 0.349. The van der Waals surface area contributed by atoms with Gasteiger partial charge in [0, 0.05) is 16.3 Å². The maximum Gasteiger partial charge on any atom is 0.255 e. The molecule has 0 saturated carbocycles. The Balaban J connectivity index is 1.48. The van der Waals surface area contributed by atoms with Crippen molar-refractivity contribution in [2.24, 2.45) is 0 Å². The largest absolute Gasteiger partial charge is 0.335 e. The van der Waals surface area contributed by atoms with Crippen LogP contribution < -0.4 is 5.32 Å². The van der Waals surface area contributed by atoms with Crippen molar-refractivity contribution < 1.29 is 9.59 Å². The molecule has 0 unspecified atom stereocenters. The number of nitrogens with one attached hydrogen (secondary N) is 2. The van der Waals surface area contributed by atoms with E-state index in [2.05, 4.69) is 15.3 Å². The molecule has 142 valence electrons. The molecule has 0 aliphatic heterocycles. The molecule has 0 atom stereocenters. The number of fused-ring (bicyclic) bond motifs is 1. The summed E-state index contributed by atoms with van der Waals surface area (Å²) < 4.78 is 0. The molecule has 29 heavy (non-hydrogen) atoms. The van der Waals surface area contributed by atoms with Crippen LogP contribution in [0, 0.1) is 0 Å². The van der Waals surface area contributed by atoms with Crippen molar-refractivity contribution in [1.29, 1.82) is 0 Å². The Kier molecular flexibility index (Phi) is 5.22. The van der Waals surface area contributed by atoms with Gasteiger partial charge >= 0.3 is 0 Å². The van der Waals surface area contributed by atoms with Crippen LogP contribution in [-0.4, -0.2) is 21.7 Å². The van der Waals surface area contributed by atoms with Crippen LogP contribution in [-0.2, 0) is 0 Å². The highest BCUT2D eigenvalue weighted by molar-refractivity contribution is 6.31. The topological polar surface area (TPSA) is 74.8 Å². The van der Waals surface area contributed by atoms with E-state index >= 15 is 0 Å². The second-order valence-corrected chi connectivity index (χ2v) is 6.83. The first-order valence-electron chi connectivity index (χ1n) is 8.93. The summed E-state index contributed by atoms with van der Waals surface area (Å²) in [7, 11) is 0. The normalized spacial score (nSPS) is 11.1. The van der Waals surface area contributed by atoms with Crippen LogP contribution in [0.2, 0.25) is 5.02 Å². The number of aromatic amines is 1. The highest BCUT2D eigenvalue weighted by Crippen LogP contribution is 2.16. The molecule has 0 aliphatic carbocycles. The van der Waals surface area contributed by atoms with E-state index in [0.29, 0.717) is 16.3 Å². The van der Waals surface area contributed by atoms with Gasteiger partial charge in [0.25, 0.3) is 5.91 Å². The van der Waals surface area contributed by atoms with Crippen molar-refractivity contribution in [3.8, 4) is 0 Å². The van der Waals surface area contributed by atoms with Gasteiger partial charge in [-0.25, -0.2) is 4.98 Å². The van der Waals surface area contributed by atoms with E-state index in [1.807, 2.05) is 30.3 Å². The summed E-state index contributed by atoms with van der Waals surface area (Å²) in [6, 6.07) is 21.4. The Morgan fingerprint density at radius 1 is 0.966 bits per heavy atom. The average molecular weight is 402 g/mol. The Labute approximate surface area is 172 Å². The molecule has 0 fully saturated rings. The molecule has 1 amide bonds. The van der Waals surface area contributed by atoms with Crippen molar-refractivity contribution in [3.63, 3.8) is 0 Å². The van der Waals surface area contributed by atoms with E-state index in [1.165, 1.54) is 6.08 Å². The monoisotopic (exact) mass is 401 g/mol. The number of ketones is 1. The molecule has 4 aromatic rings. The van der Waals surface area contributed by atoms with E-state index < -0.39 is 0 Å². The lowest BCUT2D eigenvalue weighted by Crippen LogP contribution is -2.11. The van der Waals surface area contributed by atoms with Gasteiger partial charge in [0.15, 0.2) is 5.82 Å². The fourth-order valence-electron chi connectivity index (χ4n) is 2.87. The number of hydrogen-bond acceptors (Lipinski definition) is 3. The standard InChI is InChI=1S/C23H16ClN3O2/c24-17-7-4-6-16(14-17)23(29)25-18-8-3-5-15(13-18)11-12-21(28)22-26-19-9-1-2-10-20(19)27-22/h1-14H,(H,25,29)(H,26,27)/b12-11+. The van der Waals surface area contributed by atoms with E-state index in [-0.39, 0.29) is 17.5 Å². The number of aromatic nitrogens is 2. The number of benzene rings is 3. The summed E-state index contributed by atoms with van der Waals surface area (Å²) in [5, 5.41) is 3.33. The second-order valence-electron chi connectivity index (χ2n) is 6.39. The lowest BCUT2D eigenvalue weighted by Gasteiger charge is -2.06. The highest BCUT2D eigenvalue weighted by Gasteiger charge is 2.09. The molecule has 2 N–H and O–H groups in total. The summed E-state index contributed by atoms with van der Waals surface area (Å²) in [5.74, 6) is -0.200. The van der Waals surface area contributed by atoms with Crippen LogP contribution in [0.1, 0.15) is 26.5 Å². The van der Waals surface area contributed by atoms with Crippen LogP contribution in [0.4, 0.5) is 5.69 Å². The first-order valence-corrected chi connectivity index (χ1v) is 9.30. The van der Waals surface area contributed by atoms with Crippen molar-refractivity contribution in [2.75, 3.05) is 5.32 Å². The smallest absolute Gasteiger partial charge is 0.255 e. The van der Waals surface area contributed by atoms with Crippen LogP contribution in [0.25, 0.3) is 17.1 Å². The van der Waals surface area contributed by atoms with Crippen molar-refractivity contribution in [2.45, 2.75) is 0 Å². The number of anilines is 1. The molecule has 4 rings (SSSR count).